The van der Waals surface area contributed by atoms with Crippen LogP contribution < -0.4 is 24.2 Å². The molecule has 8 nitrogen and oxygen atoms in total. The zero-order valence-corrected chi connectivity index (χ0v) is 20.0. The van der Waals surface area contributed by atoms with Crippen LogP contribution in [-0.4, -0.2) is 34.1 Å². The van der Waals surface area contributed by atoms with Crippen molar-refractivity contribution in [1.82, 2.24) is 0 Å². The van der Waals surface area contributed by atoms with Crippen LogP contribution in [0.1, 0.15) is 16.7 Å². The van der Waals surface area contributed by atoms with E-state index >= 15 is 0 Å². The number of hydrogen-bond donors (Lipinski definition) is 2. The summed E-state index contributed by atoms with van der Waals surface area (Å²) in [7, 11) is -3.83. The number of fused-ring (bicyclic) bond motifs is 1. The average molecular weight is 483 g/mol. The monoisotopic (exact) mass is 482 g/mol. The first-order valence-corrected chi connectivity index (χ1v) is 12.2. The SMILES string of the molecule is Cc1cc(C)c(OCC(=O)Nc2ccc(NS(=O)(=O)c3ccc4c(c3)OCCO4)cc2)c(C)c1. The summed E-state index contributed by atoms with van der Waals surface area (Å²) in [6.07, 6.45) is 0. The van der Waals surface area contributed by atoms with Gasteiger partial charge in [-0.15, -0.1) is 0 Å². The third-order valence-electron chi connectivity index (χ3n) is 5.20. The van der Waals surface area contributed by atoms with E-state index in [1.807, 2.05) is 32.9 Å². The van der Waals surface area contributed by atoms with Crippen LogP contribution >= 0.6 is 0 Å². The highest BCUT2D eigenvalue weighted by molar-refractivity contribution is 7.92. The first kappa shape index (κ1) is 23.4. The van der Waals surface area contributed by atoms with E-state index in [1.165, 1.54) is 12.1 Å². The van der Waals surface area contributed by atoms with E-state index in [0.717, 1.165) is 16.7 Å². The maximum Gasteiger partial charge on any atom is 0.262 e. The summed E-state index contributed by atoms with van der Waals surface area (Å²) in [4.78, 5) is 12.4. The van der Waals surface area contributed by atoms with Gasteiger partial charge in [0.15, 0.2) is 18.1 Å². The van der Waals surface area contributed by atoms with Gasteiger partial charge in [0.25, 0.3) is 15.9 Å². The molecule has 3 aromatic rings. The number of amides is 1. The Balaban J connectivity index is 1.36. The molecule has 178 valence electrons. The lowest BCUT2D eigenvalue weighted by molar-refractivity contribution is -0.118. The number of carbonyl (C=O) groups excluding carboxylic acids is 1. The summed E-state index contributed by atoms with van der Waals surface area (Å²) < 4.78 is 44.6. The minimum atomic E-state index is -3.83. The molecule has 0 atom stereocenters. The summed E-state index contributed by atoms with van der Waals surface area (Å²) in [6.45, 7) is 6.56. The number of sulfonamides is 1. The average Bonchev–Trinajstić information content (AvgIpc) is 2.79. The molecule has 0 spiro atoms. The fraction of sp³-hybridized carbons (Fsp3) is 0.240. The maximum absolute atomic E-state index is 12.8. The van der Waals surface area contributed by atoms with Crippen molar-refractivity contribution >= 4 is 27.3 Å². The number of nitrogens with one attached hydrogen (secondary N) is 2. The van der Waals surface area contributed by atoms with E-state index in [2.05, 4.69) is 10.0 Å². The molecule has 1 amide bonds. The predicted octanol–water partition coefficient (Wildman–Crippen LogP) is 4.20. The van der Waals surface area contributed by atoms with Crippen molar-refractivity contribution in [2.24, 2.45) is 0 Å². The van der Waals surface area contributed by atoms with Crippen molar-refractivity contribution in [2.75, 3.05) is 29.9 Å². The van der Waals surface area contributed by atoms with Crippen LogP contribution in [0.5, 0.6) is 17.2 Å². The van der Waals surface area contributed by atoms with Crippen LogP contribution in [-0.2, 0) is 14.8 Å². The molecule has 4 rings (SSSR count). The van der Waals surface area contributed by atoms with Crippen molar-refractivity contribution in [3.63, 3.8) is 0 Å². The van der Waals surface area contributed by atoms with Crippen LogP contribution in [0.3, 0.4) is 0 Å². The topological polar surface area (TPSA) is 103 Å². The van der Waals surface area contributed by atoms with Crippen LogP contribution in [0.15, 0.2) is 59.5 Å². The second-order valence-corrected chi connectivity index (χ2v) is 9.74. The Morgan fingerprint density at radius 3 is 2.18 bits per heavy atom. The molecule has 3 aromatic carbocycles. The highest BCUT2D eigenvalue weighted by Gasteiger charge is 2.19. The first-order chi connectivity index (χ1) is 16.2. The number of ether oxygens (including phenoxy) is 3. The molecule has 0 radical (unpaired) electrons. The molecule has 0 fully saturated rings. The van der Waals surface area contributed by atoms with Crippen LogP contribution in [0.4, 0.5) is 11.4 Å². The van der Waals surface area contributed by atoms with Crippen molar-refractivity contribution < 1.29 is 27.4 Å². The molecule has 0 aromatic heterocycles. The normalized spacial score (nSPS) is 12.7. The van der Waals surface area contributed by atoms with Gasteiger partial charge in [0.1, 0.15) is 19.0 Å². The Kier molecular flexibility index (Phi) is 6.65. The van der Waals surface area contributed by atoms with Gasteiger partial charge in [-0.05, 0) is 68.3 Å². The van der Waals surface area contributed by atoms with Gasteiger partial charge in [-0.2, -0.15) is 0 Å². The lowest BCUT2D eigenvalue weighted by Crippen LogP contribution is -2.20. The minimum Gasteiger partial charge on any atom is -0.486 e. The minimum absolute atomic E-state index is 0.0629. The molecule has 34 heavy (non-hydrogen) atoms. The van der Waals surface area contributed by atoms with Gasteiger partial charge >= 0.3 is 0 Å². The van der Waals surface area contributed by atoms with Crippen LogP contribution in [0.2, 0.25) is 0 Å². The second-order valence-electron chi connectivity index (χ2n) is 8.05. The molecule has 1 aliphatic rings. The third-order valence-corrected chi connectivity index (χ3v) is 6.58. The molecule has 0 saturated carbocycles. The quantitative estimate of drug-likeness (QED) is 0.523. The molecule has 0 saturated heterocycles. The van der Waals surface area contributed by atoms with Gasteiger partial charge in [-0.3, -0.25) is 9.52 Å². The van der Waals surface area contributed by atoms with Crippen molar-refractivity contribution in [3.05, 3.63) is 71.3 Å². The molecule has 1 aliphatic heterocycles. The van der Waals surface area contributed by atoms with Crippen molar-refractivity contribution in [2.45, 2.75) is 25.7 Å². The van der Waals surface area contributed by atoms with E-state index in [1.54, 1.807) is 30.3 Å². The molecule has 1 heterocycles. The van der Waals surface area contributed by atoms with Gasteiger partial charge in [0, 0.05) is 17.4 Å². The van der Waals surface area contributed by atoms with Gasteiger partial charge in [0.2, 0.25) is 0 Å². The Labute approximate surface area is 198 Å². The van der Waals surface area contributed by atoms with E-state index in [0.29, 0.717) is 41.8 Å². The standard InChI is InChI=1S/C25H26N2O6S/c1-16-12-17(2)25(18(3)13-16)33-15-24(28)26-19-4-6-20(7-5-19)27-34(29,30)21-8-9-22-23(14-21)32-11-10-31-22/h4-9,12-14,27H,10-11,15H2,1-3H3,(H,26,28). The van der Waals surface area contributed by atoms with Crippen LogP contribution in [0.25, 0.3) is 0 Å². The Morgan fingerprint density at radius 1 is 0.882 bits per heavy atom. The van der Waals surface area contributed by atoms with Gasteiger partial charge in [-0.25, -0.2) is 8.42 Å². The molecule has 2 N–H and O–H groups in total. The fourth-order valence-electron chi connectivity index (χ4n) is 3.76. The van der Waals surface area contributed by atoms with E-state index < -0.39 is 10.0 Å². The smallest absolute Gasteiger partial charge is 0.262 e. The Morgan fingerprint density at radius 2 is 1.50 bits per heavy atom. The maximum atomic E-state index is 12.8. The Hall–Kier alpha value is -3.72. The van der Waals surface area contributed by atoms with E-state index in [4.69, 9.17) is 14.2 Å². The molecular weight excluding hydrogens is 456 g/mol. The lowest BCUT2D eigenvalue weighted by atomic mass is 10.1. The summed E-state index contributed by atoms with van der Waals surface area (Å²) in [5.41, 5.74) is 3.96. The van der Waals surface area contributed by atoms with Gasteiger partial charge < -0.3 is 19.5 Å². The van der Waals surface area contributed by atoms with Gasteiger partial charge in [-0.1, -0.05) is 17.7 Å². The zero-order chi connectivity index (χ0) is 24.3. The highest BCUT2D eigenvalue weighted by atomic mass is 32.2. The van der Waals surface area contributed by atoms with Crippen molar-refractivity contribution in [1.29, 1.82) is 0 Å². The van der Waals surface area contributed by atoms with E-state index in [-0.39, 0.29) is 17.4 Å². The third kappa shape index (κ3) is 5.43. The second kappa shape index (κ2) is 9.64. The summed E-state index contributed by atoms with van der Waals surface area (Å²) >= 11 is 0. The van der Waals surface area contributed by atoms with Crippen LogP contribution in [0, 0.1) is 20.8 Å². The lowest BCUT2D eigenvalue weighted by Gasteiger charge is -2.19. The molecular formula is C25H26N2O6S. The number of carbonyl (C=O) groups is 1. The number of aryl methyl sites for hydroxylation is 3. The van der Waals surface area contributed by atoms with Gasteiger partial charge in [0.05, 0.1) is 4.90 Å². The largest absolute Gasteiger partial charge is 0.486 e. The molecule has 0 aliphatic carbocycles. The molecule has 9 heteroatoms. The zero-order valence-electron chi connectivity index (χ0n) is 19.2. The Bertz CT molecular complexity index is 1300. The predicted molar refractivity (Wildman–Crippen MR) is 129 cm³/mol. The molecule has 0 bridgehead atoms. The molecule has 0 unspecified atom stereocenters. The summed E-state index contributed by atoms with van der Waals surface area (Å²) in [5, 5.41) is 2.75. The summed E-state index contributed by atoms with van der Waals surface area (Å²) in [6, 6.07) is 14.8. The number of benzene rings is 3. The highest BCUT2D eigenvalue weighted by Crippen LogP contribution is 2.33. The van der Waals surface area contributed by atoms with Crippen molar-refractivity contribution in [3.8, 4) is 17.2 Å². The fourth-order valence-corrected chi connectivity index (χ4v) is 4.83. The number of hydrogen-bond acceptors (Lipinski definition) is 6. The number of rotatable bonds is 7. The van der Waals surface area contributed by atoms with E-state index in [9.17, 15) is 13.2 Å². The summed E-state index contributed by atoms with van der Waals surface area (Å²) in [5.74, 6) is 1.29. The number of anilines is 2. The first-order valence-electron chi connectivity index (χ1n) is 10.7.